The van der Waals surface area contributed by atoms with Gasteiger partial charge in [0, 0.05) is 5.56 Å². The fraction of sp³-hybridized carbons (Fsp3) is 0.294. The Morgan fingerprint density at radius 2 is 1.89 bits per heavy atom. The second kappa shape index (κ2) is 4.85. The van der Waals surface area contributed by atoms with Crippen LogP contribution in [0, 0.1) is 0 Å². The van der Waals surface area contributed by atoms with Gasteiger partial charge in [-0.2, -0.15) is 0 Å². The van der Waals surface area contributed by atoms with Crippen molar-refractivity contribution in [1.82, 2.24) is 0 Å². The molecule has 0 amide bonds. The number of hydrogen-bond acceptors (Lipinski definition) is 1. The van der Waals surface area contributed by atoms with Gasteiger partial charge in [-0.1, -0.05) is 49.4 Å². The Hall–Kier alpha value is -1.76. The molecule has 0 bridgehead atoms. The number of aryl methyl sites for hydroxylation is 1. The van der Waals surface area contributed by atoms with Crippen molar-refractivity contribution in [2.75, 3.05) is 6.61 Å². The minimum atomic E-state index is 0.847. The van der Waals surface area contributed by atoms with E-state index in [1.165, 1.54) is 22.3 Å². The number of rotatable bonds is 2. The van der Waals surface area contributed by atoms with E-state index in [2.05, 4.69) is 49.4 Å². The van der Waals surface area contributed by atoms with Gasteiger partial charge < -0.3 is 4.74 Å². The fourth-order valence-corrected chi connectivity index (χ4v) is 2.71. The molecule has 0 aliphatic carbocycles. The maximum Gasteiger partial charge on any atom is 0.130 e. The van der Waals surface area contributed by atoms with Crippen LogP contribution in [0.5, 0.6) is 5.75 Å². The quantitative estimate of drug-likeness (QED) is 0.760. The average molecular weight is 238 g/mol. The molecule has 92 valence electrons. The Balaban J connectivity index is 2.17. The average Bonchev–Trinajstić information content (AvgIpc) is 2.47. The first kappa shape index (κ1) is 11.3. The first-order valence-electron chi connectivity index (χ1n) is 6.73. The lowest BCUT2D eigenvalue weighted by atomic mass is 9.92. The fourth-order valence-electron chi connectivity index (χ4n) is 2.71. The largest absolute Gasteiger partial charge is 0.493 e. The molecule has 0 saturated carbocycles. The van der Waals surface area contributed by atoms with Gasteiger partial charge in [-0.3, -0.25) is 0 Å². The summed E-state index contributed by atoms with van der Waals surface area (Å²) >= 11 is 0. The van der Waals surface area contributed by atoms with Crippen molar-refractivity contribution in [3.8, 4) is 16.9 Å². The van der Waals surface area contributed by atoms with Crippen molar-refractivity contribution in [3.63, 3.8) is 0 Å². The lowest BCUT2D eigenvalue weighted by molar-refractivity contribution is 0.289. The minimum Gasteiger partial charge on any atom is -0.493 e. The number of hydrogen-bond donors (Lipinski definition) is 0. The molecule has 3 rings (SSSR count). The summed E-state index contributed by atoms with van der Waals surface area (Å²) in [5.41, 5.74) is 5.34. The summed E-state index contributed by atoms with van der Waals surface area (Å²) in [7, 11) is 0. The maximum atomic E-state index is 5.95. The summed E-state index contributed by atoms with van der Waals surface area (Å²) in [6.07, 6.45) is 3.37. The molecule has 1 nitrogen and oxygen atoms in total. The Morgan fingerprint density at radius 3 is 2.67 bits per heavy atom. The standard InChI is InChI=1S/C17H18O/c1-2-13-10-11-16(14-7-4-3-5-8-14)17-15(13)9-6-12-18-17/h3-5,7-8,10-11H,2,6,9,12H2,1H3. The van der Waals surface area contributed by atoms with Crippen molar-refractivity contribution in [3.05, 3.63) is 53.6 Å². The molecule has 0 saturated heterocycles. The lowest BCUT2D eigenvalue weighted by Crippen LogP contribution is -2.11. The van der Waals surface area contributed by atoms with Gasteiger partial charge in [-0.15, -0.1) is 0 Å². The lowest BCUT2D eigenvalue weighted by Gasteiger charge is -2.23. The van der Waals surface area contributed by atoms with E-state index in [-0.39, 0.29) is 0 Å². The Morgan fingerprint density at radius 1 is 1.06 bits per heavy atom. The Kier molecular flexibility index (Phi) is 3.06. The van der Waals surface area contributed by atoms with Crippen LogP contribution in [0.2, 0.25) is 0 Å². The third-order valence-corrected chi connectivity index (χ3v) is 3.64. The van der Waals surface area contributed by atoms with Crippen molar-refractivity contribution in [2.45, 2.75) is 26.2 Å². The summed E-state index contributed by atoms with van der Waals surface area (Å²) in [6.45, 7) is 3.06. The molecule has 1 heterocycles. The van der Waals surface area contributed by atoms with Crippen molar-refractivity contribution in [2.24, 2.45) is 0 Å². The van der Waals surface area contributed by atoms with Crippen LogP contribution in [0.4, 0.5) is 0 Å². The molecule has 1 heteroatoms. The molecule has 0 N–H and O–H groups in total. The number of fused-ring (bicyclic) bond motifs is 1. The summed E-state index contributed by atoms with van der Waals surface area (Å²) in [4.78, 5) is 0. The highest BCUT2D eigenvalue weighted by molar-refractivity contribution is 5.73. The molecule has 2 aromatic carbocycles. The van der Waals surface area contributed by atoms with Crippen LogP contribution in [0.25, 0.3) is 11.1 Å². The maximum absolute atomic E-state index is 5.95. The zero-order valence-corrected chi connectivity index (χ0v) is 10.8. The van der Waals surface area contributed by atoms with Crippen molar-refractivity contribution in [1.29, 1.82) is 0 Å². The summed E-state index contributed by atoms with van der Waals surface area (Å²) in [6, 6.07) is 15.0. The van der Waals surface area contributed by atoms with Crippen LogP contribution in [-0.2, 0) is 12.8 Å². The van der Waals surface area contributed by atoms with E-state index in [4.69, 9.17) is 4.74 Å². The minimum absolute atomic E-state index is 0.847. The molecule has 0 aromatic heterocycles. The highest BCUT2D eigenvalue weighted by Gasteiger charge is 2.18. The number of ether oxygens (including phenoxy) is 1. The van der Waals surface area contributed by atoms with Crippen LogP contribution >= 0.6 is 0 Å². The van der Waals surface area contributed by atoms with Gasteiger partial charge >= 0.3 is 0 Å². The SMILES string of the molecule is CCc1ccc(-c2ccccc2)c2c1CCCO2. The monoisotopic (exact) mass is 238 g/mol. The van der Waals surface area contributed by atoms with E-state index in [9.17, 15) is 0 Å². The van der Waals surface area contributed by atoms with E-state index < -0.39 is 0 Å². The van der Waals surface area contributed by atoms with Crippen LogP contribution in [0.1, 0.15) is 24.5 Å². The van der Waals surface area contributed by atoms with E-state index >= 15 is 0 Å². The van der Waals surface area contributed by atoms with Crippen molar-refractivity contribution < 1.29 is 4.74 Å². The van der Waals surface area contributed by atoms with Gasteiger partial charge in [0.2, 0.25) is 0 Å². The smallest absolute Gasteiger partial charge is 0.130 e. The number of benzene rings is 2. The molecule has 2 aromatic rings. The molecule has 0 spiro atoms. The summed E-state index contributed by atoms with van der Waals surface area (Å²) in [5, 5.41) is 0. The van der Waals surface area contributed by atoms with Crippen LogP contribution in [0.15, 0.2) is 42.5 Å². The van der Waals surface area contributed by atoms with Crippen LogP contribution in [0.3, 0.4) is 0 Å². The highest BCUT2D eigenvalue weighted by Crippen LogP contribution is 2.38. The Labute approximate surface area is 108 Å². The normalized spacial score (nSPS) is 13.8. The molecule has 1 aliphatic heterocycles. The van der Waals surface area contributed by atoms with E-state index in [0.29, 0.717) is 0 Å². The van der Waals surface area contributed by atoms with Gasteiger partial charge in [0.15, 0.2) is 0 Å². The van der Waals surface area contributed by atoms with Gasteiger partial charge in [0.1, 0.15) is 5.75 Å². The van der Waals surface area contributed by atoms with E-state index in [1.54, 1.807) is 0 Å². The molecule has 18 heavy (non-hydrogen) atoms. The predicted molar refractivity (Wildman–Crippen MR) is 75.1 cm³/mol. The first-order chi connectivity index (χ1) is 8.90. The molecule has 0 atom stereocenters. The zero-order chi connectivity index (χ0) is 12.4. The molecule has 0 fully saturated rings. The second-order valence-corrected chi connectivity index (χ2v) is 4.75. The molecular weight excluding hydrogens is 220 g/mol. The second-order valence-electron chi connectivity index (χ2n) is 4.75. The molecule has 0 unspecified atom stereocenters. The molecule has 0 radical (unpaired) electrons. The highest BCUT2D eigenvalue weighted by atomic mass is 16.5. The predicted octanol–water partition coefficient (Wildman–Crippen LogP) is 4.24. The Bertz CT molecular complexity index is 543. The third-order valence-electron chi connectivity index (χ3n) is 3.64. The van der Waals surface area contributed by atoms with E-state index in [1.807, 2.05) is 0 Å². The molecule has 1 aliphatic rings. The van der Waals surface area contributed by atoms with E-state index in [0.717, 1.165) is 31.6 Å². The van der Waals surface area contributed by atoms with Crippen LogP contribution < -0.4 is 4.74 Å². The summed E-state index contributed by atoms with van der Waals surface area (Å²) < 4.78 is 5.95. The summed E-state index contributed by atoms with van der Waals surface area (Å²) in [5.74, 6) is 1.12. The zero-order valence-electron chi connectivity index (χ0n) is 10.8. The van der Waals surface area contributed by atoms with Gasteiger partial charge in [0.05, 0.1) is 6.61 Å². The van der Waals surface area contributed by atoms with Gasteiger partial charge in [0.25, 0.3) is 0 Å². The topological polar surface area (TPSA) is 9.23 Å². The van der Waals surface area contributed by atoms with Crippen molar-refractivity contribution >= 4 is 0 Å². The van der Waals surface area contributed by atoms with Gasteiger partial charge in [-0.25, -0.2) is 0 Å². The first-order valence-corrected chi connectivity index (χ1v) is 6.73. The van der Waals surface area contributed by atoms with Gasteiger partial charge in [-0.05, 0) is 36.0 Å². The molecular formula is C17H18O. The third kappa shape index (κ3) is 1.90. The van der Waals surface area contributed by atoms with Crippen LogP contribution in [-0.4, -0.2) is 6.61 Å².